The van der Waals surface area contributed by atoms with Crippen molar-refractivity contribution >= 4 is 5.97 Å². The van der Waals surface area contributed by atoms with Crippen LogP contribution in [0, 0.1) is 17.8 Å². The van der Waals surface area contributed by atoms with Crippen molar-refractivity contribution in [2.75, 3.05) is 6.61 Å². The largest absolute Gasteiger partial charge is 0.481 e. The highest BCUT2D eigenvalue weighted by Gasteiger charge is 2.47. The van der Waals surface area contributed by atoms with Crippen molar-refractivity contribution in [3.8, 4) is 0 Å². The molecule has 2 aliphatic rings. The summed E-state index contributed by atoms with van der Waals surface area (Å²) in [5.74, 6) is 0.174. The van der Waals surface area contributed by atoms with Gasteiger partial charge in [0.25, 0.3) is 0 Å². The number of rotatable bonds is 11. The van der Waals surface area contributed by atoms with Gasteiger partial charge in [-0.05, 0) is 50.9 Å². The molecule has 0 aromatic rings. The maximum atomic E-state index is 10.6. The van der Waals surface area contributed by atoms with Gasteiger partial charge in [-0.1, -0.05) is 38.3 Å². The molecule has 2 saturated carbocycles. The number of aliphatic hydroxyl groups is 2. The van der Waals surface area contributed by atoms with Crippen molar-refractivity contribution < 1.29 is 24.9 Å². The quantitative estimate of drug-likeness (QED) is 0.384. The Hall–Kier alpha value is -0.910. The van der Waals surface area contributed by atoms with Gasteiger partial charge in [-0.15, -0.1) is 0 Å². The van der Waals surface area contributed by atoms with Crippen LogP contribution in [-0.2, 0) is 9.53 Å². The van der Waals surface area contributed by atoms with E-state index in [4.69, 9.17) is 9.84 Å². The Morgan fingerprint density at radius 3 is 2.69 bits per heavy atom. The highest BCUT2D eigenvalue weighted by Crippen LogP contribution is 2.49. The van der Waals surface area contributed by atoms with Crippen LogP contribution in [-0.4, -0.2) is 45.7 Å². The second-order valence-electron chi connectivity index (χ2n) is 8.44. The van der Waals surface area contributed by atoms with Crippen LogP contribution >= 0.6 is 0 Å². The summed E-state index contributed by atoms with van der Waals surface area (Å²) >= 11 is 0. The monoisotopic (exact) mass is 368 g/mol. The molecule has 0 amide bonds. The molecule has 0 spiro atoms. The van der Waals surface area contributed by atoms with E-state index in [0.717, 1.165) is 44.9 Å². The number of hydrogen-bond donors (Lipinski definition) is 3. The summed E-state index contributed by atoms with van der Waals surface area (Å²) in [4.78, 5) is 10.6. The fourth-order valence-corrected chi connectivity index (χ4v) is 4.61. The molecule has 0 aliphatic heterocycles. The van der Waals surface area contributed by atoms with E-state index in [1.165, 1.54) is 0 Å². The van der Waals surface area contributed by atoms with E-state index in [0.29, 0.717) is 24.9 Å². The first-order valence-corrected chi connectivity index (χ1v) is 10.3. The molecule has 5 heteroatoms. The number of carboxylic acid groups (broad SMARTS) is 1. The van der Waals surface area contributed by atoms with Gasteiger partial charge >= 0.3 is 5.97 Å². The molecule has 2 fully saturated rings. The third kappa shape index (κ3) is 6.36. The van der Waals surface area contributed by atoms with Crippen LogP contribution in [0.3, 0.4) is 0 Å². The molecule has 2 aliphatic carbocycles. The highest BCUT2D eigenvalue weighted by atomic mass is 16.5. The molecule has 150 valence electrons. The molecule has 0 aromatic heterocycles. The van der Waals surface area contributed by atoms with Gasteiger partial charge in [-0.2, -0.15) is 0 Å². The summed E-state index contributed by atoms with van der Waals surface area (Å²) in [5, 5.41) is 29.6. The lowest BCUT2D eigenvalue weighted by molar-refractivity contribution is -0.137. The van der Waals surface area contributed by atoms with Gasteiger partial charge in [0, 0.05) is 18.9 Å². The summed E-state index contributed by atoms with van der Waals surface area (Å²) in [6.07, 6.45) is 11.2. The van der Waals surface area contributed by atoms with Crippen molar-refractivity contribution in [3.63, 3.8) is 0 Å². The standard InChI is InChI=1S/C21H36O5/c1-3-4-5-9-21(2,25)10-8-17-18-14-16(12-15(18)13-19(17)22)26-11-6-7-20(23)24/h8,10,15-19,22,25H,3-7,9,11-14H2,1-2H3,(H,23,24)/t15-,16+,17-,18+,19-,21?/m0/s1. The van der Waals surface area contributed by atoms with Crippen molar-refractivity contribution in [2.45, 2.75) is 89.4 Å². The van der Waals surface area contributed by atoms with Crippen LogP contribution in [0.15, 0.2) is 12.2 Å². The average Bonchev–Trinajstić information content (AvgIpc) is 3.06. The van der Waals surface area contributed by atoms with Crippen LogP contribution in [0.1, 0.15) is 71.6 Å². The minimum atomic E-state index is -0.807. The number of unbranched alkanes of at least 4 members (excludes halogenated alkanes) is 2. The summed E-state index contributed by atoms with van der Waals surface area (Å²) in [7, 11) is 0. The highest BCUT2D eigenvalue weighted by molar-refractivity contribution is 5.66. The van der Waals surface area contributed by atoms with Crippen LogP contribution < -0.4 is 0 Å². The zero-order valence-electron chi connectivity index (χ0n) is 16.3. The van der Waals surface area contributed by atoms with Crippen molar-refractivity contribution in [1.29, 1.82) is 0 Å². The first-order chi connectivity index (χ1) is 12.3. The van der Waals surface area contributed by atoms with Crippen LogP contribution in [0.25, 0.3) is 0 Å². The van der Waals surface area contributed by atoms with Gasteiger partial charge < -0.3 is 20.1 Å². The number of carbonyl (C=O) groups is 1. The lowest BCUT2D eigenvalue weighted by atomic mass is 9.88. The Labute approximate surface area is 157 Å². The summed E-state index contributed by atoms with van der Waals surface area (Å²) in [6.45, 7) is 4.49. The Kier molecular flexibility index (Phi) is 8.11. The third-order valence-electron chi connectivity index (χ3n) is 6.04. The molecule has 0 saturated heterocycles. The van der Waals surface area contributed by atoms with E-state index in [-0.39, 0.29) is 24.5 Å². The van der Waals surface area contributed by atoms with Crippen LogP contribution in [0.5, 0.6) is 0 Å². The number of carboxylic acids is 1. The van der Waals surface area contributed by atoms with Gasteiger partial charge in [-0.25, -0.2) is 0 Å². The van der Waals surface area contributed by atoms with Crippen LogP contribution in [0.2, 0.25) is 0 Å². The first-order valence-electron chi connectivity index (χ1n) is 10.3. The number of aliphatic hydroxyl groups excluding tert-OH is 1. The van der Waals surface area contributed by atoms with Gasteiger partial charge in [0.1, 0.15) is 0 Å². The second kappa shape index (κ2) is 9.86. The maximum Gasteiger partial charge on any atom is 0.303 e. The molecular weight excluding hydrogens is 332 g/mol. The Morgan fingerprint density at radius 1 is 1.23 bits per heavy atom. The lowest BCUT2D eigenvalue weighted by Crippen LogP contribution is -2.24. The summed E-state index contributed by atoms with van der Waals surface area (Å²) < 4.78 is 5.87. The Balaban J connectivity index is 1.82. The minimum Gasteiger partial charge on any atom is -0.481 e. The maximum absolute atomic E-state index is 10.6. The van der Waals surface area contributed by atoms with E-state index in [9.17, 15) is 15.0 Å². The molecular formula is C21H36O5. The zero-order chi connectivity index (χ0) is 19.2. The van der Waals surface area contributed by atoms with Crippen molar-refractivity contribution in [2.24, 2.45) is 17.8 Å². The SMILES string of the molecule is CCCCCC(C)(O)C=C[C@H]1[C@@H]2C[C@H](OCCCC(=O)O)C[C@H]2C[C@@H]1O. The molecule has 2 rings (SSSR count). The predicted octanol–water partition coefficient (Wildman–Crippen LogP) is 3.53. The van der Waals surface area contributed by atoms with Crippen LogP contribution in [0.4, 0.5) is 0 Å². The number of ether oxygens (including phenoxy) is 1. The van der Waals surface area contributed by atoms with Crippen molar-refractivity contribution in [1.82, 2.24) is 0 Å². The molecule has 26 heavy (non-hydrogen) atoms. The fraction of sp³-hybridized carbons (Fsp3) is 0.857. The summed E-state index contributed by atoms with van der Waals surface area (Å²) in [5.41, 5.74) is -0.807. The number of hydrogen-bond acceptors (Lipinski definition) is 4. The third-order valence-corrected chi connectivity index (χ3v) is 6.04. The van der Waals surface area contributed by atoms with E-state index in [2.05, 4.69) is 6.92 Å². The zero-order valence-corrected chi connectivity index (χ0v) is 16.3. The number of aliphatic carboxylic acids is 1. The van der Waals surface area contributed by atoms with E-state index in [1.54, 1.807) is 0 Å². The fourth-order valence-electron chi connectivity index (χ4n) is 4.61. The van der Waals surface area contributed by atoms with Gasteiger partial charge in [0.2, 0.25) is 0 Å². The number of fused-ring (bicyclic) bond motifs is 1. The average molecular weight is 369 g/mol. The smallest absolute Gasteiger partial charge is 0.303 e. The lowest BCUT2D eigenvalue weighted by Gasteiger charge is -2.23. The minimum absolute atomic E-state index is 0.0882. The van der Waals surface area contributed by atoms with Gasteiger partial charge in [0.15, 0.2) is 0 Å². The second-order valence-corrected chi connectivity index (χ2v) is 8.44. The van der Waals surface area contributed by atoms with Crippen molar-refractivity contribution in [3.05, 3.63) is 12.2 Å². The predicted molar refractivity (Wildman–Crippen MR) is 101 cm³/mol. The molecule has 1 unspecified atom stereocenters. The molecule has 0 aromatic carbocycles. The topological polar surface area (TPSA) is 87.0 Å². The molecule has 0 heterocycles. The Bertz CT molecular complexity index is 473. The normalized spacial score (nSPS) is 33.5. The van der Waals surface area contributed by atoms with Gasteiger partial charge in [0.05, 0.1) is 17.8 Å². The molecule has 0 bridgehead atoms. The van der Waals surface area contributed by atoms with E-state index in [1.807, 2.05) is 19.1 Å². The first kappa shape index (κ1) is 21.4. The Morgan fingerprint density at radius 2 is 2.00 bits per heavy atom. The van der Waals surface area contributed by atoms with E-state index < -0.39 is 11.6 Å². The molecule has 3 N–H and O–H groups in total. The molecule has 6 atom stereocenters. The molecule has 5 nitrogen and oxygen atoms in total. The summed E-state index contributed by atoms with van der Waals surface area (Å²) in [6, 6.07) is 0. The van der Waals surface area contributed by atoms with Gasteiger partial charge in [-0.3, -0.25) is 4.79 Å². The molecule has 0 radical (unpaired) electrons. The van der Waals surface area contributed by atoms with E-state index >= 15 is 0 Å².